The average Bonchev–Trinajstić information content (AvgIpc) is 2.28. The third kappa shape index (κ3) is 5.53. The molecule has 0 aliphatic rings. The molecule has 0 saturated carbocycles. The van der Waals surface area contributed by atoms with Gasteiger partial charge in [-0.25, -0.2) is 0 Å². The summed E-state index contributed by atoms with van der Waals surface area (Å²) in [5.41, 5.74) is 1.17. The molecule has 96 valence electrons. The number of hydrogen-bond donors (Lipinski definition) is 1. The zero-order chi connectivity index (χ0) is 12.7. The van der Waals surface area contributed by atoms with Crippen molar-refractivity contribution in [3.05, 3.63) is 34.9 Å². The highest BCUT2D eigenvalue weighted by Crippen LogP contribution is 2.20. The fraction of sp³-hybridized carbons (Fsp3) is 0.571. The summed E-state index contributed by atoms with van der Waals surface area (Å²) in [5, 5.41) is 4.16. The highest BCUT2D eigenvalue weighted by molar-refractivity contribution is 6.30. The lowest BCUT2D eigenvalue weighted by Gasteiger charge is -2.21. The van der Waals surface area contributed by atoms with Crippen molar-refractivity contribution in [3.8, 4) is 0 Å². The van der Waals surface area contributed by atoms with Gasteiger partial charge in [0.2, 0.25) is 0 Å². The molecule has 1 aromatic rings. The van der Waals surface area contributed by atoms with Crippen LogP contribution >= 0.6 is 11.6 Å². The highest BCUT2D eigenvalue weighted by atomic mass is 35.5. The van der Waals surface area contributed by atoms with Gasteiger partial charge in [0.05, 0.1) is 12.2 Å². The molecular weight excluding hydrogens is 234 g/mol. The summed E-state index contributed by atoms with van der Waals surface area (Å²) in [6, 6.07) is 7.88. The van der Waals surface area contributed by atoms with Crippen LogP contribution in [0.3, 0.4) is 0 Å². The van der Waals surface area contributed by atoms with E-state index in [1.54, 1.807) is 0 Å². The van der Waals surface area contributed by atoms with Crippen molar-refractivity contribution < 1.29 is 4.74 Å². The first-order valence-corrected chi connectivity index (χ1v) is 6.63. The van der Waals surface area contributed by atoms with Gasteiger partial charge in [0.15, 0.2) is 0 Å². The molecule has 0 bridgehead atoms. The Morgan fingerprint density at radius 1 is 1.24 bits per heavy atom. The number of ether oxygens (including phenoxy) is 1. The molecule has 0 aliphatic heterocycles. The van der Waals surface area contributed by atoms with Crippen LogP contribution in [0.1, 0.15) is 38.9 Å². The Hall–Kier alpha value is -0.570. The minimum atomic E-state index is 0.0961. The van der Waals surface area contributed by atoms with Crippen molar-refractivity contribution >= 4 is 11.6 Å². The molecule has 1 rings (SSSR count). The van der Waals surface area contributed by atoms with Crippen LogP contribution in [0.4, 0.5) is 0 Å². The largest absolute Gasteiger partial charge is 0.370 e. The maximum atomic E-state index is 5.92. The molecule has 0 spiro atoms. The van der Waals surface area contributed by atoms with Gasteiger partial charge in [0.25, 0.3) is 0 Å². The highest BCUT2D eigenvalue weighted by Gasteiger charge is 2.13. The van der Waals surface area contributed by atoms with Gasteiger partial charge in [-0.05, 0) is 44.5 Å². The van der Waals surface area contributed by atoms with Crippen LogP contribution in [0.25, 0.3) is 0 Å². The van der Waals surface area contributed by atoms with Crippen LogP contribution in [0, 0.1) is 0 Å². The molecule has 0 saturated heterocycles. The zero-order valence-electron chi connectivity index (χ0n) is 10.9. The zero-order valence-corrected chi connectivity index (χ0v) is 11.6. The quantitative estimate of drug-likeness (QED) is 0.749. The number of rotatable bonds is 7. The maximum Gasteiger partial charge on any atom is 0.0952 e. The molecule has 0 fully saturated rings. The van der Waals surface area contributed by atoms with E-state index in [0.29, 0.717) is 0 Å². The predicted molar refractivity (Wildman–Crippen MR) is 73.6 cm³/mol. The van der Waals surface area contributed by atoms with E-state index in [2.05, 4.69) is 26.1 Å². The van der Waals surface area contributed by atoms with Crippen molar-refractivity contribution in [3.63, 3.8) is 0 Å². The summed E-state index contributed by atoms with van der Waals surface area (Å²) >= 11 is 5.89. The lowest BCUT2D eigenvalue weighted by atomic mass is 10.1. The van der Waals surface area contributed by atoms with Crippen LogP contribution in [0.15, 0.2) is 24.3 Å². The number of nitrogens with one attached hydrogen (secondary N) is 1. The van der Waals surface area contributed by atoms with Crippen molar-refractivity contribution in [2.45, 2.75) is 39.4 Å². The summed E-state index contributed by atoms with van der Waals surface area (Å²) in [7, 11) is 0. The van der Waals surface area contributed by atoms with E-state index in [-0.39, 0.29) is 12.2 Å². The van der Waals surface area contributed by atoms with Gasteiger partial charge in [-0.3, -0.25) is 0 Å². The molecule has 1 unspecified atom stereocenters. The minimum absolute atomic E-state index is 0.0961. The second-order valence-electron chi connectivity index (χ2n) is 4.43. The second-order valence-corrected chi connectivity index (χ2v) is 4.87. The van der Waals surface area contributed by atoms with Crippen LogP contribution in [-0.2, 0) is 4.74 Å². The maximum absolute atomic E-state index is 5.92. The molecule has 0 aromatic heterocycles. The van der Waals surface area contributed by atoms with Gasteiger partial charge < -0.3 is 10.1 Å². The Labute approximate surface area is 109 Å². The fourth-order valence-corrected chi connectivity index (χ4v) is 1.79. The molecule has 0 amide bonds. The number of halogens is 1. The van der Waals surface area contributed by atoms with Gasteiger partial charge in [-0.2, -0.15) is 0 Å². The van der Waals surface area contributed by atoms with Gasteiger partial charge in [-0.1, -0.05) is 30.7 Å². The van der Waals surface area contributed by atoms with Crippen molar-refractivity contribution in [2.24, 2.45) is 0 Å². The fourth-order valence-electron chi connectivity index (χ4n) is 1.66. The standard InChI is InChI=1S/C14H22ClNO/c1-4-9-16-10-14(17-11(2)3)12-5-7-13(15)8-6-12/h5-8,11,14,16H,4,9-10H2,1-3H3. The summed E-state index contributed by atoms with van der Waals surface area (Å²) < 4.78 is 5.92. The number of hydrogen-bond acceptors (Lipinski definition) is 2. The van der Waals surface area contributed by atoms with Gasteiger partial charge >= 0.3 is 0 Å². The molecule has 17 heavy (non-hydrogen) atoms. The topological polar surface area (TPSA) is 21.3 Å². The van der Waals surface area contributed by atoms with E-state index in [1.807, 2.05) is 24.3 Å². The van der Waals surface area contributed by atoms with E-state index >= 15 is 0 Å². The van der Waals surface area contributed by atoms with E-state index in [1.165, 1.54) is 5.56 Å². The first-order valence-electron chi connectivity index (χ1n) is 6.25. The second kappa shape index (κ2) is 7.70. The first-order chi connectivity index (χ1) is 8.13. The summed E-state index contributed by atoms with van der Waals surface area (Å²) in [6.45, 7) is 8.14. The monoisotopic (exact) mass is 255 g/mol. The smallest absolute Gasteiger partial charge is 0.0952 e. The Bertz CT molecular complexity index is 311. The molecule has 1 N–H and O–H groups in total. The SMILES string of the molecule is CCCNCC(OC(C)C)c1ccc(Cl)cc1. The first kappa shape index (κ1) is 14.5. The predicted octanol–water partition coefficient (Wildman–Crippen LogP) is 3.81. The van der Waals surface area contributed by atoms with E-state index in [4.69, 9.17) is 16.3 Å². The molecule has 3 heteroatoms. The normalized spacial score (nSPS) is 13.0. The Kier molecular flexibility index (Phi) is 6.56. The Morgan fingerprint density at radius 2 is 1.88 bits per heavy atom. The molecule has 1 atom stereocenters. The molecular formula is C14H22ClNO. The van der Waals surface area contributed by atoms with E-state index < -0.39 is 0 Å². The van der Waals surface area contributed by atoms with Gasteiger partial charge in [0, 0.05) is 11.6 Å². The summed E-state index contributed by atoms with van der Waals surface area (Å²) in [5.74, 6) is 0. The van der Waals surface area contributed by atoms with Crippen LogP contribution < -0.4 is 5.32 Å². The third-order valence-corrected chi connectivity index (χ3v) is 2.69. The Balaban J connectivity index is 2.64. The van der Waals surface area contributed by atoms with Gasteiger partial charge in [-0.15, -0.1) is 0 Å². The van der Waals surface area contributed by atoms with Gasteiger partial charge in [0.1, 0.15) is 0 Å². The van der Waals surface area contributed by atoms with Crippen LogP contribution in [-0.4, -0.2) is 19.2 Å². The summed E-state index contributed by atoms with van der Waals surface area (Å²) in [4.78, 5) is 0. The molecule has 0 heterocycles. The lowest BCUT2D eigenvalue weighted by molar-refractivity contribution is 0.00724. The summed E-state index contributed by atoms with van der Waals surface area (Å²) in [6.07, 6.45) is 1.45. The van der Waals surface area contributed by atoms with Crippen molar-refractivity contribution in [2.75, 3.05) is 13.1 Å². The molecule has 0 radical (unpaired) electrons. The lowest BCUT2D eigenvalue weighted by Crippen LogP contribution is -2.25. The number of benzene rings is 1. The van der Waals surface area contributed by atoms with Crippen LogP contribution in [0.5, 0.6) is 0 Å². The van der Waals surface area contributed by atoms with E-state index in [0.717, 1.165) is 24.5 Å². The van der Waals surface area contributed by atoms with Crippen molar-refractivity contribution in [1.82, 2.24) is 5.32 Å². The van der Waals surface area contributed by atoms with Crippen molar-refractivity contribution in [1.29, 1.82) is 0 Å². The molecule has 1 aromatic carbocycles. The molecule has 2 nitrogen and oxygen atoms in total. The third-order valence-electron chi connectivity index (χ3n) is 2.43. The average molecular weight is 256 g/mol. The van der Waals surface area contributed by atoms with E-state index in [9.17, 15) is 0 Å². The Morgan fingerprint density at radius 3 is 2.41 bits per heavy atom. The molecule has 0 aliphatic carbocycles. The van der Waals surface area contributed by atoms with Crippen LogP contribution in [0.2, 0.25) is 5.02 Å². The minimum Gasteiger partial charge on any atom is -0.370 e.